The molecule has 2 aromatic heterocycles. The molecule has 0 atom stereocenters. The zero-order valence-electron chi connectivity index (χ0n) is 13.3. The van der Waals surface area contributed by atoms with E-state index in [4.69, 9.17) is 5.73 Å². The third-order valence-electron chi connectivity index (χ3n) is 4.11. The molecule has 2 N–H and O–H groups in total. The average Bonchev–Trinajstić information content (AvgIpc) is 2.53. The van der Waals surface area contributed by atoms with Crippen molar-refractivity contribution in [2.24, 2.45) is 12.8 Å². The summed E-state index contributed by atoms with van der Waals surface area (Å²) in [5.41, 5.74) is 9.20. The van der Waals surface area contributed by atoms with Crippen molar-refractivity contribution in [1.29, 1.82) is 0 Å². The number of carbonyl (C=O) groups is 1. The highest BCUT2D eigenvalue weighted by Crippen LogP contribution is 2.25. The van der Waals surface area contributed by atoms with Crippen LogP contribution in [0.3, 0.4) is 0 Å². The largest absolute Gasteiger partial charge is 0.365 e. The number of primary amides is 1. The Balaban J connectivity index is 2.33. The summed E-state index contributed by atoms with van der Waals surface area (Å²) in [5, 5.41) is 0.749. The molecule has 0 fully saturated rings. The Bertz CT molecular complexity index is 986. The molecule has 1 amide bonds. The first-order valence-corrected chi connectivity index (χ1v) is 7.26. The van der Waals surface area contributed by atoms with E-state index in [1.54, 1.807) is 20.2 Å². The molecule has 0 bridgehead atoms. The molecule has 5 heteroatoms. The topological polar surface area (TPSA) is 78.0 Å². The maximum absolute atomic E-state index is 12.3. The van der Waals surface area contributed by atoms with Gasteiger partial charge in [0.1, 0.15) is 11.2 Å². The highest BCUT2D eigenvalue weighted by molar-refractivity contribution is 5.99. The van der Waals surface area contributed by atoms with E-state index < -0.39 is 11.5 Å². The van der Waals surface area contributed by atoms with Crippen LogP contribution in [0.15, 0.2) is 41.3 Å². The summed E-state index contributed by atoms with van der Waals surface area (Å²) < 4.78 is 1.36. The highest BCUT2D eigenvalue weighted by Gasteiger charge is 2.17. The van der Waals surface area contributed by atoms with Crippen LogP contribution in [0.2, 0.25) is 0 Å². The smallest absolute Gasteiger partial charge is 0.265 e. The van der Waals surface area contributed by atoms with Gasteiger partial charge in [0.15, 0.2) is 0 Å². The third kappa shape index (κ3) is 2.40. The van der Waals surface area contributed by atoms with Crippen LogP contribution in [0.25, 0.3) is 22.2 Å². The SMILES string of the molecule is Cc1ccc(-c2cnc3c(c2)c(C)c(C(N)=O)c(=O)n3C)cc1. The molecule has 23 heavy (non-hydrogen) atoms. The van der Waals surface area contributed by atoms with Crippen molar-refractivity contribution in [3.63, 3.8) is 0 Å². The molecule has 0 aliphatic carbocycles. The Hall–Kier alpha value is -2.95. The standard InChI is InChI=1S/C18H17N3O2/c1-10-4-6-12(7-5-10)13-8-14-11(2)15(16(19)22)18(23)21(3)17(14)20-9-13/h4-9H,1-3H3,(H2,19,22). The van der Waals surface area contributed by atoms with Crippen LogP contribution in [0.5, 0.6) is 0 Å². The van der Waals surface area contributed by atoms with Crippen molar-refractivity contribution in [3.8, 4) is 11.1 Å². The van der Waals surface area contributed by atoms with Crippen molar-refractivity contribution >= 4 is 16.9 Å². The maximum atomic E-state index is 12.3. The molecular weight excluding hydrogens is 290 g/mol. The molecule has 0 aliphatic rings. The van der Waals surface area contributed by atoms with E-state index in [1.165, 1.54) is 10.1 Å². The van der Waals surface area contributed by atoms with E-state index in [0.717, 1.165) is 16.5 Å². The third-order valence-corrected chi connectivity index (χ3v) is 4.11. The van der Waals surface area contributed by atoms with Gasteiger partial charge in [-0.2, -0.15) is 0 Å². The van der Waals surface area contributed by atoms with E-state index in [9.17, 15) is 9.59 Å². The van der Waals surface area contributed by atoms with Gasteiger partial charge in [-0.25, -0.2) is 4.98 Å². The van der Waals surface area contributed by atoms with Crippen molar-refractivity contribution < 1.29 is 4.79 Å². The van der Waals surface area contributed by atoms with Crippen LogP contribution in [-0.4, -0.2) is 15.5 Å². The average molecular weight is 307 g/mol. The first kappa shape index (κ1) is 15.0. The number of aryl methyl sites for hydroxylation is 3. The monoisotopic (exact) mass is 307 g/mol. The molecule has 3 rings (SSSR count). The minimum atomic E-state index is -0.717. The number of benzene rings is 1. The lowest BCUT2D eigenvalue weighted by Gasteiger charge is -2.12. The number of nitrogens with zero attached hydrogens (tertiary/aromatic N) is 2. The van der Waals surface area contributed by atoms with E-state index in [0.29, 0.717) is 11.2 Å². The lowest BCUT2D eigenvalue weighted by molar-refractivity contribution is 0.0998. The summed E-state index contributed by atoms with van der Waals surface area (Å²) in [6.45, 7) is 3.76. The van der Waals surface area contributed by atoms with Gasteiger partial charge in [-0.15, -0.1) is 0 Å². The van der Waals surface area contributed by atoms with E-state index >= 15 is 0 Å². The molecule has 0 unspecified atom stereocenters. The van der Waals surface area contributed by atoms with Gasteiger partial charge in [0.25, 0.3) is 11.5 Å². The minimum Gasteiger partial charge on any atom is -0.365 e. The van der Waals surface area contributed by atoms with Gasteiger partial charge in [0.05, 0.1) is 0 Å². The lowest BCUT2D eigenvalue weighted by atomic mass is 10.0. The number of nitrogens with two attached hydrogens (primary N) is 1. The van der Waals surface area contributed by atoms with Crippen LogP contribution in [0, 0.1) is 13.8 Å². The van der Waals surface area contributed by atoms with E-state index in [2.05, 4.69) is 4.98 Å². The normalized spacial score (nSPS) is 10.9. The summed E-state index contributed by atoms with van der Waals surface area (Å²) in [4.78, 5) is 28.3. The molecular formula is C18H17N3O2. The predicted octanol–water partition coefficient (Wildman–Crippen LogP) is 2.32. The number of hydrogen-bond donors (Lipinski definition) is 1. The number of fused-ring (bicyclic) bond motifs is 1. The van der Waals surface area contributed by atoms with Crippen molar-refractivity contribution in [3.05, 3.63) is 63.6 Å². The molecule has 2 heterocycles. The van der Waals surface area contributed by atoms with Crippen molar-refractivity contribution in [1.82, 2.24) is 9.55 Å². The molecule has 116 valence electrons. The zero-order chi connectivity index (χ0) is 16.7. The van der Waals surface area contributed by atoms with E-state index in [1.807, 2.05) is 37.3 Å². The predicted molar refractivity (Wildman–Crippen MR) is 90.4 cm³/mol. The second kappa shape index (κ2) is 5.35. The number of pyridine rings is 2. The maximum Gasteiger partial charge on any atom is 0.265 e. The summed E-state index contributed by atoms with van der Waals surface area (Å²) in [6.07, 6.45) is 1.73. The van der Waals surface area contributed by atoms with Crippen LogP contribution >= 0.6 is 0 Å². The van der Waals surface area contributed by atoms with Crippen molar-refractivity contribution in [2.75, 3.05) is 0 Å². The summed E-state index contributed by atoms with van der Waals surface area (Å²) in [5.74, 6) is -0.717. The van der Waals surface area contributed by atoms with Gasteiger partial charge in [0, 0.05) is 24.2 Å². The molecule has 0 radical (unpaired) electrons. The van der Waals surface area contributed by atoms with Gasteiger partial charge in [-0.05, 0) is 31.0 Å². The lowest BCUT2D eigenvalue weighted by Crippen LogP contribution is -2.30. The molecule has 0 spiro atoms. The van der Waals surface area contributed by atoms with Crippen molar-refractivity contribution in [2.45, 2.75) is 13.8 Å². The molecule has 0 saturated heterocycles. The second-order valence-corrected chi connectivity index (χ2v) is 5.69. The summed E-state index contributed by atoms with van der Waals surface area (Å²) in [7, 11) is 1.59. The second-order valence-electron chi connectivity index (χ2n) is 5.69. The highest BCUT2D eigenvalue weighted by atomic mass is 16.2. The first-order valence-electron chi connectivity index (χ1n) is 7.26. The number of rotatable bonds is 2. The van der Waals surface area contributed by atoms with Crippen LogP contribution < -0.4 is 11.3 Å². The molecule has 1 aromatic carbocycles. The molecule has 5 nitrogen and oxygen atoms in total. The van der Waals surface area contributed by atoms with Gasteiger partial charge in [0.2, 0.25) is 0 Å². The fraction of sp³-hybridized carbons (Fsp3) is 0.167. The van der Waals surface area contributed by atoms with Gasteiger partial charge in [-0.1, -0.05) is 29.8 Å². The Morgan fingerprint density at radius 2 is 1.78 bits per heavy atom. The number of aromatic nitrogens is 2. The number of carbonyl (C=O) groups excluding carboxylic acids is 1. The van der Waals surface area contributed by atoms with Crippen LogP contribution in [0.4, 0.5) is 0 Å². The molecule has 0 aliphatic heterocycles. The number of hydrogen-bond acceptors (Lipinski definition) is 3. The fourth-order valence-electron chi connectivity index (χ4n) is 2.75. The number of amides is 1. The Kier molecular flexibility index (Phi) is 3.48. The molecule has 3 aromatic rings. The van der Waals surface area contributed by atoms with Crippen LogP contribution in [0.1, 0.15) is 21.5 Å². The summed E-state index contributed by atoms with van der Waals surface area (Å²) in [6, 6.07) is 10.0. The quantitative estimate of drug-likeness (QED) is 0.789. The van der Waals surface area contributed by atoms with E-state index in [-0.39, 0.29) is 5.56 Å². The van der Waals surface area contributed by atoms with Gasteiger partial charge < -0.3 is 5.73 Å². The Morgan fingerprint density at radius 1 is 1.13 bits per heavy atom. The van der Waals surface area contributed by atoms with Gasteiger partial charge >= 0.3 is 0 Å². The molecule has 0 saturated carbocycles. The first-order chi connectivity index (χ1) is 10.9. The fourth-order valence-corrected chi connectivity index (χ4v) is 2.75. The Morgan fingerprint density at radius 3 is 2.39 bits per heavy atom. The summed E-state index contributed by atoms with van der Waals surface area (Å²) >= 11 is 0. The zero-order valence-corrected chi connectivity index (χ0v) is 13.3. The Labute approximate surface area is 133 Å². The minimum absolute atomic E-state index is 0.0165. The van der Waals surface area contributed by atoms with Gasteiger partial charge in [-0.3, -0.25) is 14.2 Å². The van der Waals surface area contributed by atoms with Crippen LogP contribution in [-0.2, 0) is 7.05 Å².